The van der Waals surface area contributed by atoms with Gasteiger partial charge in [-0.1, -0.05) is 6.07 Å². The minimum atomic E-state index is 0.288. The van der Waals surface area contributed by atoms with Gasteiger partial charge in [0.05, 0.1) is 0 Å². The third-order valence-corrected chi connectivity index (χ3v) is 4.47. The zero-order chi connectivity index (χ0) is 12.4. The number of fused-ring (bicyclic) bond motifs is 1. The highest BCUT2D eigenvalue weighted by Crippen LogP contribution is 2.27. The number of pyridine rings is 1. The Bertz CT molecular complexity index is 552. The number of nitrogens with zero attached hydrogens (tertiary/aromatic N) is 1. The molecule has 0 saturated carbocycles. The number of hydrogen-bond acceptors (Lipinski definition) is 4. The Balaban J connectivity index is 1.92. The maximum atomic E-state index is 9.60. The molecule has 0 bridgehead atoms. The van der Waals surface area contributed by atoms with Gasteiger partial charge in [-0.15, -0.1) is 0 Å². The van der Waals surface area contributed by atoms with Gasteiger partial charge in [0.1, 0.15) is 11.6 Å². The van der Waals surface area contributed by atoms with Crippen LogP contribution in [0, 0.1) is 0 Å². The van der Waals surface area contributed by atoms with Gasteiger partial charge in [-0.3, -0.25) is 0 Å². The molecule has 1 unspecified atom stereocenters. The number of anilines is 1. The number of phenols is 1. The van der Waals surface area contributed by atoms with Gasteiger partial charge >= 0.3 is 0 Å². The van der Waals surface area contributed by atoms with Crippen LogP contribution in [0.2, 0.25) is 0 Å². The van der Waals surface area contributed by atoms with Crippen LogP contribution in [0.3, 0.4) is 0 Å². The highest BCUT2D eigenvalue weighted by molar-refractivity contribution is 7.99. The summed E-state index contributed by atoms with van der Waals surface area (Å²) in [4.78, 5) is 4.41. The second kappa shape index (κ2) is 5.06. The molecule has 0 aliphatic carbocycles. The summed E-state index contributed by atoms with van der Waals surface area (Å²) in [6.45, 7) is 0. The SMILES string of the molecule is Oc1ccc2ccnc(NC3CCCSC3)c2c1. The lowest BCUT2D eigenvalue weighted by molar-refractivity contribution is 0.476. The van der Waals surface area contributed by atoms with Crippen LogP contribution in [-0.2, 0) is 0 Å². The summed E-state index contributed by atoms with van der Waals surface area (Å²) in [7, 11) is 0. The van der Waals surface area contributed by atoms with Crippen molar-refractivity contribution in [2.45, 2.75) is 18.9 Å². The van der Waals surface area contributed by atoms with Crippen molar-refractivity contribution in [1.29, 1.82) is 0 Å². The summed E-state index contributed by atoms with van der Waals surface area (Å²) in [5.41, 5.74) is 0. The highest BCUT2D eigenvalue weighted by atomic mass is 32.2. The van der Waals surface area contributed by atoms with Crippen molar-refractivity contribution in [1.82, 2.24) is 4.98 Å². The van der Waals surface area contributed by atoms with E-state index in [0.29, 0.717) is 6.04 Å². The molecule has 2 heterocycles. The fourth-order valence-electron chi connectivity index (χ4n) is 2.32. The average Bonchev–Trinajstić information content (AvgIpc) is 2.41. The smallest absolute Gasteiger partial charge is 0.134 e. The average molecular weight is 260 g/mol. The van der Waals surface area contributed by atoms with E-state index >= 15 is 0 Å². The van der Waals surface area contributed by atoms with E-state index in [1.165, 1.54) is 18.6 Å². The van der Waals surface area contributed by atoms with Crippen molar-refractivity contribution < 1.29 is 5.11 Å². The molecule has 94 valence electrons. The second-order valence-electron chi connectivity index (χ2n) is 4.62. The molecule has 1 aromatic carbocycles. The van der Waals surface area contributed by atoms with E-state index in [1.807, 2.05) is 30.1 Å². The van der Waals surface area contributed by atoms with Crippen LogP contribution < -0.4 is 5.32 Å². The molecule has 3 rings (SSSR count). The summed E-state index contributed by atoms with van der Waals surface area (Å²) >= 11 is 1.99. The Morgan fingerprint density at radius 1 is 1.33 bits per heavy atom. The van der Waals surface area contributed by atoms with Crippen LogP contribution in [0.15, 0.2) is 30.5 Å². The van der Waals surface area contributed by atoms with E-state index < -0.39 is 0 Å². The van der Waals surface area contributed by atoms with Gasteiger partial charge < -0.3 is 10.4 Å². The van der Waals surface area contributed by atoms with Crippen molar-refractivity contribution in [3.8, 4) is 5.75 Å². The minimum absolute atomic E-state index is 0.288. The summed E-state index contributed by atoms with van der Waals surface area (Å²) in [6, 6.07) is 7.87. The molecule has 0 radical (unpaired) electrons. The van der Waals surface area contributed by atoms with Gasteiger partial charge in [-0.2, -0.15) is 11.8 Å². The Kier molecular flexibility index (Phi) is 3.28. The highest BCUT2D eigenvalue weighted by Gasteiger charge is 2.15. The topological polar surface area (TPSA) is 45.2 Å². The summed E-state index contributed by atoms with van der Waals surface area (Å²) < 4.78 is 0. The number of thioether (sulfide) groups is 1. The zero-order valence-corrected chi connectivity index (χ0v) is 10.9. The molecular formula is C14H16N2OS. The number of benzene rings is 1. The molecule has 1 fully saturated rings. The molecule has 1 aliphatic rings. The fourth-order valence-corrected chi connectivity index (χ4v) is 3.39. The predicted octanol–water partition coefficient (Wildman–Crippen LogP) is 3.25. The van der Waals surface area contributed by atoms with E-state index in [0.717, 1.165) is 22.3 Å². The van der Waals surface area contributed by atoms with Crippen molar-refractivity contribution in [2.24, 2.45) is 0 Å². The van der Waals surface area contributed by atoms with Crippen LogP contribution in [0.4, 0.5) is 5.82 Å². The molecular weight excluding hydrogens is 244 g/mol. The number of aromatic nitrogens is 1. The van der Waals surface area contributed by atoms with Crippen molar-refractivity contribution in [3.05, 3.63) is 30.5 Å². The third kappa shape index (κ3) is 2.38. The first-order valence-corrected chi connectivity index (χ1v) is 7.40. The third-order valence-electron chi connectivity index (χ3n) is 3.25. The Labute approximate surface area is 111 Å². The maximum Gasteiger partial charge on any atom is 0.134 e. The van der Waals surface area contributed by atoms with E-state index in [1.54, 1.807) is 12.1 Å². The number of hydrogen-bond donors (Lipinski definition) is 2. The standard InChI is InChI=1S/C14H16N2OS/c17-12-4-3-10-5-6-15-14(13(10)8-12)16-11-2-1-7-18-9-11/h3-6,8,11,17H,1-2,7,9H2,(H,15,16). The van der Waals surface area contributed by atoms with E-state index in [2.05, 4.69) is 10.3 Å². The summed E-state index contributed by atoms with van der Waals surface area (Å²) in [6.07, 6.45) is 4.28. The van der Waals surface area contributed by atoms with Gasteiger partial charge in [0.15, 0.2) is 0 Å². The van der Waals surface area contributed by atoms with Crippen molar-refractivity contribution in [2.75, 3.05) is 16.8 Å². The molecule has 1 saturated heterocycles. The molecule has 0 spiro atoms. The number of rotatable bonds is 2. The monoisotopic (exact) mass is 260 g/mol. The van der Waals surface area contributed by atoms with Gasteiger partial charge in [0.25, 0.3) is 0 Å². The molecule has 1 atom stereocenters. The van der Waals surface area contributed by atoms with E-state index in [-0.39, 0.29) is 5.75 Å². The van der Waals surface area contributed by atoms with E-state index in [4.69, 9.17) is 0 Å². The lowest BCUT2D eigenvalue weighted by Gasteiger charge is -2.23. The number of phenolic OH excluding ortho intramolecular Hbond substituents is 1. The van der Waals surface area contributed by atoms with Crippen LogP contribution in [0.25, 0.3) is 10.8 Å². The zero-order valence-electron chi connectivity index (χ0n) is 10.1. The summed E-state index contributed by atoms with van der Waals surface area (Å²) in [5, 5.41) is 15.2. The lowest BCUT2D eigenvalue weighted by Crippen LogP contribution is -2.26. The number of nitrogens with one attached hydrogen (secondary N) is 1. The van der Waals surface area contributed by atoms with Crippen molar-refractivity contribution >= 4 is 28.4 Å². The Morgan fingerprint density at radius 2 is 2.28 bits per heavy atom. The summed E-state index contributed by atoms with van der Waals surface area (Å²) in [5.74, 6) is 3.58. The molecule has 2 aromatic rings. The second-order valence-corrected chi connectivity index (χ2v) is 5.77. The lowest BCUT2D eigenvalue weighted by atomic mass is 10.1. The first-order chi connectivity index (χ1) is 8.83. The van der Waals surface area contributed by atoms with Crippen LogP contribution >= 0.6 is 11.8 Å². The van der Waals surface area contributed by atoms with Gasteiger partial charge in [0.2, 0.25) is 0 Å². The molecule has 1 aliphatic heterocycles. The van der Waals surface area contributed by atoms with Crippen molar-refractivity contribution in [3.63, 3.8) is 0 Å². The first kappa shape index (κ1) is 11.7. The van der Waals surface area contributed by atoms with Crippen LogP contribution in [-0.4, -0.2) is 27.6 Å². The maximum absolute atomic E-state index is 9.60. The number of aromatic hydroxyl groups is 1. The van der Waals surface area contributed by atoms with Gasteiger partial charge in [-0.05, 0) is 42.2 Å². The van der Waals surface area contributed by atoms with Crippen LogP contribution in [0.5, 0.6) is 5.75 Å². The normalized spacial score (nSPS) is 19.9. The quantitative estimate of drug-likeness (QED) is 0.870. The molecule has 1 aromatic heterocycles. The Hall–Kier alpha value is -1.42. The fraction of sp³-hybridized carbons (Fsp3) is 0.357. The largest absolute Gasteiger partial charge is 0.508 e. The molecule has 18 heavy (non-hydrogen) atoms. The molecule has 0 amide bonds. The predicted molar refractivity (Wildman–Crippen MR) is 77.4 cm³/mol. The van der Waals surface area contributed by atoms with Gasteiger partial charge in [0, 0.05) is 23.4 Å². The minimum Gasteiger partial charge on any atom is -0.508 e. The Morgan fingerprint density at radius 3 is 3.11 bits per heavy atom. The van der Waals surface area contributed by atoms with E-state index in [9.17, 15) is 5.11 Å². The van der Waals surface area contributed by atoms with Crippen LogP contribution in [0.1, 0.15) is 12.8 Å². The molecule has 4 heteroatoms. The van der Waals surface area contributed by atoms with Gasteiger partial charge in [-0.25, -0.2) is 4.98 Å². The first-order valence-electron chi connectivity index (χ1n) is 6.25. The molecule has 2 N–H and O–H groups in total. The molecule has 3 nitrogen and oxygen atoms in total.